The zero-order valence-corrected chi connectivity index (χ0v) is 17.0. The summed E-state index contributed by atoms with van der Waals surface area (Å²) in [6.45, 7) is 1.77. The number of likely N-dealkylation sites (N-methyl/N-ethyl adjacent to an activating group) is 1. The van der Waals surface area contributed by atoms with Crippen molar-refractivity contribution in [2.75, 3.05) is 26.7 Å². The first-order chi connectivity index (χ1) is 13.9. The molecule has 29 heavy (non-hydrogen) atoms. The number of nitrogens with one attached hydrogen (secondary N) is 1. The molecule has 2 aromatic rings. The van der Waals surface area contributed by atoms with Gasteiger partial charge in [0.15, 0.2) is 0 Å². The zero-order valence-electron chi connectivity index (χ0n) is 16.1. The highest BCUT2D eigenvalue weighted by molar-refractivity contribution is 7.89. The summed E-state index contributed by atoms with van der Waals surface area (Å²) in [6.07, 6.45) is 0.992. The van der Waals surface area contributed by atoms with Crippen LogP contribution in [-0.2, 0) is 14.8 Å². The minimum Gasteiger partial charge on any atom is -0.483 e. The van der Waals surface area contributed by atoms with E-state index in [1.54, 1.807) is 42.5 Å². The molecule has 8 nitrogen and oxygen atoms in total. The number of sulfonamides is 1. The second-order valence-electron chi connectivity index (χ2n) is 7.41. The first-order valence-corrected chi connectivity index (χ1v) is 10.9. The van der Waals surface area contributed by atoms with Crippen molar-refractivity contribution in [2.45, 2.75) is 23.3 Å². The molecule has 1 fully saturated rings. The topological polar surface area (TPSA) is 109 Å². The molecule has 4 rings (SSSR count). The lowest BCUT2D eigenvalue weighted by Crippen LogP contribution is -2.51. The van der Waals surface area contributed by atoms with Gasteiger partial charge in [0.05, 0.1) is 10.9 Å². The molecule has 156 valence electrons. The van der Waals surface area contributed by atoms with Gasteiger partial charge in [-0.05, 0) is 37.6 Å². The van der Waals surface area contributed by atoms with Gasteiger partial charge < -0.3 is 14.6 Å². The summed E-state index contributed by atoms with van der Waals surface area (Å²) in [5, 5.41) is 6.89. The van der Waals surface area contributed by atoms with E-state index in [9.17, 15) is 13.2 Å². The predicted molar refractivity (Wildman–Crippen MR) is 108 cm³/mol. The Balaban J connectivity index is 0.000000755. The Labute approximate surface area is 169 Å². The van der Waals surface area contributed by atoms with Gasteiger partial charge >= 0.3 is 0 Å². The molecule has 2 aliphatic heterocycles. The first kappa shape index (κ1) is 21.2. The molecule has 0 amide bonds. The summed E-state index contributed by atoms with van der Waals surface area (Å²) in [5.74, 6) is 0.583. The third-order valence-electron chi connectivity index (χ3n) is 5.52. The maximum atomic E-state index is 12.6. The van der Waals surface area contributed by atoms with Crippen molar-refractivity contribution < 1.29 is 18.3 Å². The van der Waals surface area contributed by atoms with Crippen LogP contribution in [0.25, 0.3) is 0 Å². The Morgan fingerprint density at radius 1 is 1.14 bits per heavy atom. The molecule has 2 bridgehead atoms. The number of rotatable bonds is 4. The molecule has 2 aliphatic rings. The number of piperidine rings is 1. The largest absolute Gasteiger partial charge is 0.483 e. The number of hydrogen-bond acceptors (Lipinski definition) is 5. The fourth-order valence-electron chi connectivity index (χ4n) is 4.41. The SMILES string of the molecule is CN1C[C@H]2C[C@@H](C1)[C@H](CNS(=O)(=O)c1ccccc1)n1c2cccc1=O.O=CO. The second kappa shape index (κ2) is 8.89. The lowest BCUT2D eigenvalue weighted by atomic mass is 9.78. The molecule has 3 heterocycles. The van der Waals surface area contributed by atoms with Gasteiger partial charge in [-0.25, -0.2) is 13.1 Å². The van der Waals surface area contributed by atoms with Gasteiger partial charge in [0, 0.05) is 37.3 Å². The van der Waals surface area contributed by atoms with E-state index in [-0.39, 0.29) is 35.4 Å². The number of aromatic nitrogens is 1. The van der Waals surface area contributed by atoms with Crippen LogP contribution in [0.3, 0.4) is 0 Å². The number of carboxylic acid groups (broad SMARTS) is 1. The minimum atomic E-state index is -3.59. The normalized spacial score (nSPS) is 23.4. The summed E-state index contributed by atoms with van der Waals surface area (Å²) >= 11 is 0. The molecule has 0 radical (unpaired) electrons. The summed E-state index contributed by atoms with van der Waals surface area (Å²) in [5.41, 5.74) is 0.967. The van der Waals surface area contributed by atoms with Crippen LogP contribution in [0.15, 0.2) is 58.2 Å². The number of fused-ring (bicyclic) bond motifs is 4. The quantitative estimate of drug-likeness (QED) is 0.719. The van der Waals surface area contributed by atoms with E-state index >= 15 is 0 Å². The molecule has 0 unspecified atom stereocenters. The van der Waals surface area contributed by atoms with Crippen molar-refractivity contribution in [3.05, 3.63) is 64.6 Å². The highest BCUT2D eigenvalue weighted by Crippen LogP contribution is 2.40. The Morgan fingerprint density at radius 2 is 1.83 bits per heavy atom. The maximum absolute atomic E-state index is 12.6. The number of hydrogen-bond donors (Lipinski definition) is 2. The van der Waals surface area contributed by atoms with E-state index in [0.29, 0.717) is 5.92 Å². The van der Waals surface area contributed by atoms with Gasteiger partial charge in [-0.3, -0.25) is 9.59 Å². The lowest BCUT2D eigenvalue weighted by Gasteiger charge is -2.46. The van der Waals surface area contributed by atoms with Crippen LogP contribution in [0.5, 0.6) is 0 Å². The van der Waals surface area contributed by atoms with E-state index in [1.165, 1.54) is 0 Å². The second-order valence-corrected chi connectivity index (χ2v) is 9.18. The fraction of sp³-hybridized carbons (Fsp3) is 0.400. The Morgan fingerprint density at radius 3 is 2.52 bits per heavy atom. The molecule has 0 saturated carbocycles. The number of likely N-dealkylation sites (tertiary alicyclic amines) is 1. The van der Waals surface area contributed by atoms with Crippen molar-refractivity contribution in [2.24, 2.45) is 5.92 Å². The molecule has 9 heteroatoms. The number of carbonyl (C=O) groups is 1. The summed E-state index contributed by atoms with van der Waals surface area (Å²) in [6, 6.07) is 13.5. The van der Waals surface area contributed by atoms with E-state index in [1.807, 2.05) is 10.6 Å². The monoisotopic (exact) mass is 419 g/mol. The first-order valence-electron chi connectivity index (χ1n) is 9.40. The van der Waals surface area contributed by atoms with E-state index < -0.39 is 10.0 Å². The van der Waals surface area contributed by atoms with Crippen molar-refractivity contribution in [3.63, 3.8) is 0 Å². The summed E-state index contributed by atoms with van der Waals surface area (Å²) in [7, 11) is -1.51. The Hall–Kier alpha value is -2.49. The molecule has 1 aromatic carbocycles. The van der Waals surface area contributed by atoms with E-state index in [4.69, 9.17) is 9.90 Å². The molecule has 0 aliphatic carbocycles. The van der Waals surface area contributed by atoms with Crippen LogP contribution >= 0.6 is 0 Å². The van der Waals surface area contributed by atoms with Gasteiger partial charge in [-0.2, -0.15) is 0 Å². The average molecular weight is 420 g/mol. The maximum Gasteiger partial charge on any atom is 0.290 e. The molecule has 1 aromatic heterocycles. The zero-order chi connectivity index (χ0) is 21.0. The van der Waals surface area contributed by atoms with Gasteiger partial charge in [0.1, 0.15) is 0 Å². The molecule has 2 N–H and O–H groups in total. The lowest BCUT2D eigenvalue weighted by molar-refractivity contribution is -0.122. The third-order valence-corrected chi connectivity index (χ3v) is 6.96. The summed E-state index contributed by atoms with van der Waals surface area (Å²) < 4.78 is 29.7. The minimum absolute atomic E-state index is 0.0503. The molecule has 3 atom stereocenters. The molecule has 1 saturated heterocycles. The van der Waals surface area contributed by atoms with Crippen molar-refractivity contribution in [1.29, 1.82) is 0 Å². The van der Waals surface area contributed by atoms with Crippen LogP contribution in [0.2, 0.25) is 0 Å². The van der Waals surface area contributed by atoms with Gasteiger partial charge in [0.25, 0.3) is 12.0 Å². The Kier molecular flexibility index (Phi) is 6.51. The fourth-order valence-corrected chi connectivity index (χ4v) is 5.48. The number of benzene rings is 1. The van der Waals surface area contributed by atoms with Gasteiger partial charge in [-0.1, -0.05) is 24.3 Å². The number of nitrogens with zero attached hydrogens (tertiary/aromatic N) is 2. The third kappa shape index (κ3) is 4.58. The van der Waals surface area contributed by atoms with E-state index in [2.05, 4.69) is 16.7 Å². The van der Waals surface area contributed by atoms with Crippen LogP contribution in [0, 0.1) is 5.92 Å². The highest BCUT2D eigenvalue weighted by Gasteiger charge is 2.39. The highest BCUT2D eigenvalue weighted by atomic mass is 32.2. The number of pyridine rings is 1. The average Bonchev–Trinajstić information content (AvgIpc) is 2.69. The smallest absolute Gasteiger partial charge is 0.290 e. The van der Waals surface area contributed by atoms with Crippen LogP contribution in [0.1, 0.15) is 24.1 Å². The van der Waals surface area contributed by atoms with Crippen molar-refractivity contribution in [1.82, 2.24) is 14.2 Å². The predicted octanol–water partition coefficient (Wildman–Crippen LogP) is 1.12. The molecule has 0 spiro atoms. The standard InChI is InChI=1S/C19H23N3O3S.CH2O2/c1-21-12-14-10-15(13-21)18(22-17(14)8-5-9-19(22)23)11-20-26(24,25)16-6-3-2-4-7-16;2-1-3/h2-9,14-15,18,20H,10-13H2,1H3;1H,(H,2,3)/t14-,15+,18+;/m1./s1. The van der Waals surface area contributed by atoms with Gasteiger partial charge in [0.2, 0.25) is 10.0 Å². The van der Waals surface area contributed by atoms with Crippen molar-refractivity contribution >= 4 is 16.5 Å². The van der Waals surface area contributed by atoms with Crippen LogP contribution < -0.4 is 10.3 Å². The van der Waals surface area contributed by atoms with Crippen molar-refractivity contribution in [3.8, 4) is 0 Å². The molecular formula is C20H25N3O5S. The van der Waals surface area contributed by atoms with Crippen LogP contribution in [0.4, 0.5) is 0 Å². The summed E-state index contributed by atoms with van der Waals surface area (Å²) in [4.78, 5) is 23.4. The molecular weight excluding hydrogens is 394 g/mol. The Bertz CT molecular complexity index is 1010. The van der Waals surface area contributed by atoms with E-state index in [0.717, 1.165) is 25.2 Å². The van der Waals surface area contributed by atoms with Gasteiger partial charge in [-0.15, -0.1) is 0 Å². The van der Waals surface area contributed by atoms with Crippen LogP contribution in [-0.4, -0.2) is 56.1 Å².